The molecule has 0 saturated carbocycles. The molecule has 0 radical (unpaired) electrons. The summed E-state index contributed by atoms with van der Waals surface area (Å²) in [5.74, 6) is 0. The van der Waals surface area contributed by atoms with Gasteiger partial charge in [-0.1, -0.05) is 6.92 Å². The first-order valence-electron chi connectivity index (χ1n) is 2.78. The van der Waals surface area contributed by atoms with Crippen molar-refractivity contribution in [2.45, 2.75) is 13.3 Å². The molecule has 0 bridgehead atoms. The average Bonchev–Trinajstić information content (AvgIpc) is 1.81. The smallest absolute Gasteiger partial charge is 0.133 e. The van der Waals surface area contributed by atoms with E-state index in [4.69, 9.17) is 0 Å². The van der Waals surface area contributed by atoms with Gasteiger partial charge in [-0.15, -0.1) is 0 Å². The van der Waals surface area contributed by atoms with E-state index in [2.05, 4.69) is 22.0 Å². The Balaban J connectivity index is 2.53. The number of rotatable bonds is 5. The van der Waals surface area contributed by atoms with Crippen molar-refractivity contribution in [3.8, 4) is 0 Å². The van der Waals surface area contributed by atoms with Gasteiger partial charge in [0.05, 0.1) is 7.11 Å². The number of hydrogen-bond donors (Lipinski definition) is 1. The minimum Gasteiger partial charge on any atom is -0.292 e. The predicted molar refractivity (Wildman–Crippen MR) is 31.3 cm³/mol. The minimum atomic E-state index is 0.477. The van der Waals surface area contributed by atoms with Crippen LogP contribution in [0.1, 0.15) is 13.3 Å². The van der Waals surface area contributed by atoms with E-state index in [1.807, 2.05) is 0 Å². The molecule has 0 saturated heterocycles. The summed E-state index contributed by atoms with van der Waals surface area (Å²) in [5.41, 5.74) is 0. The molecule has 50 valence electrons. The molecule has 0 spiro atoms. The van der Waals surface area contributed by atoms with Crippen molar-refractivity contribution in [1.29, 1.82) is 0 Å². The fraction of sp³-hybridized carbons (Fsp3) is 1.00. The van der Waals surface area contributed by atoms with Gasteiger partial charge in [-0.2, -0.15) is 0 Å². The lowest BCUT2D eigenvalue weighted by Crippen LogP contribution is -2.17. The first-order valence-corrected chi connectivity index (χ1v) is 2.78. The maximum absolute atomic E-state index is 4.52. The van der Waals surface area contributed by atoms with Crippen LogP contribution in [0.2, 0.25) is 0 Å². The molecule has 1 N–H and O–H groups in total. The SMILES string of the molecule is CCCNCOOC. The summed E-state index contributed by atoms with van der Waals surface area (Å²) in [4.78, 5) is 8.85. The molecule has 0 aromatic heterocycles. The van der Waals surface area contributed by atoms with Crippen LogP contribution in [0, 0.1) is 0 Å². The third-order valence-corrected chi connectivity index (χ3v) is 0.706. The fourth-order valence-corrected chi connectivity index (χ4v) is 0.350. The lowest BCUT2D eigenvalue weighted by Gasteiger charge is -1.99. The maximum Gasteiger partial charge on any atom is 0.133 e. The van der Waals surface area contributed by atoms with Crippen LogP contribution in [-0.4, -0.2) is 20.4 Å². The molecule has 0 rings (SSSR count). The van der Waals surface area contributed by atoms with Crippen molar-refractivity contribution in [3.05, 3.63) is 0 Å². The van der Waals surface area contributed by atoms with Crippen LogP contribution >= 0.6 is 0 Å². The molecule has 0 heterocycles. The van der Waals surface area contributed by atoms with Crippen LogP contribution in [0.3, 0.4) is 0 Å². The summed E-state index contributed by atoms with van der Waals surface area (Å²) in [6, 6.07) is 0. The highest BCUT2D eigenvalue weighted by atomic mass is 17.2. The van der Waals surface area contributed by atoms with Gasteiger partial charge in [0.25, 0.3) is 0 Å². The topological polar surface area (TPSA) is 30.5 Å². The summed E-state index contributed by atoms with van der Waals surface area (Å²) in [5, 5.41) is 2.99. The maximum atomic E-state index is 4.52. The van der Waals surface area contributed by atoms with Crippen molar-refractivity contribution in [2.24, 2.45) is 0 Å². The normalized spacial score (nSPS) is 9.75. The van der Waals surface area contributed by atoms with Gasteiger partial charge >= 0.3 is 0 Å². The molecular formula is C5H13NO2. The van der Waals surface area contributed by atoms with Gasteiger partial charge in [-0.3, -0.25) is 5.32 Å². The molecule has 0 aliphatic heterocycles. The summed E-state index contributed by atoms with van der Waals surface area (Å²) in [6.45, 7) is 3.55. The second kappa shape index (κ2) is 6.88. The molecule has 0 aliphatic rings. The van der Waals surface area contributed by atoms with E-state index in [9.17, 15) is 0 Å². The highest BCUT2D eigenvalue weighted by Gasteiger charge is 1.80. The minimum absolute atomic E-state index is 0.477. The molecule has 0 fully saturated rings. The number of hydrogen-bond acceptors (Lipinski definition) is 3. The van der Waals surface area contributed by atoms with Crippen LogP contribution in [0.4, 0.5) is 0 Å². The van der Waals surface area contributed by atoms with E-state index in [0.29, 0.717) is 6.73 Å². The lowest BCUT2D eigenvalue weighted by molar-refractivity contribution is -0.276. The van der Waals surface area contributed by atoms with Gasteiger partial charge in [-0.25, -0.2) is 9.78 Å². The van der Waals surface area contributed by atoms with E-state index >= 15 is 0 Å². The van der Waals surface area contributed by atoms with Crippen molar-refractivity contribution in [1.82, 2.24) is 5.32 Å². The van der Waals surface area contributed by atoms with Crippen molar-refractivity contribution < 1.29 is 9.78 Å². The van der Waals surface area contributed by atoms with Gasteiger partial charge in [0.2, 0.25) is 0 Å². The molecule has 0 atom stereocenters. The van der Waals surface area contributed by atoms with E-state index < -0.39 is 0 Å². The third kappa shape index (κ3) is 5.88. The van der Waals surface area contributed by atoms with Gasteiger partial charge < -0.3 is 0 Å². The highest BCUT2D eigenvalue weighted by molar-refractivity contribution is 4.31. The Hall–Kier alpha value is -0.120. The van der Waals surface area contributed by atoms with Crippen LogP contribution in [-0.2, 0) is 9.78 Å². The van der Waals surface area contributed by atoms with E-state index in [0.717, 1.165) is 13.0 Å². The Kier molecular flexibility index (Phi) is 6.78. The molecule has 3 nitrogen and oxygen atoms in total. The Morgan fingerprint density at radius 3 is 2.75 bits per heavy atom. The second-order valence-electron chi connectivity index (χ2n) is 1.43. The Morgan fingerprint density at radius 2 is 2.25 bits per heavy atom. The zero-order chi connectivity index (χ0) is 6.24. The zero-order valence-electron chi connectivity index (χ0n) is 5.44. The molecular weight excluding hydrogens is 106 g/mol. The summed E-state index contributed by atoms with van der Waals surface area (Å²) in [6.07, 6.45) is 1.12. The fourth-order valence-electron chi connectivity index (χ4n) is 0.350. The Bertz CT molecular complexity index is 35.4. The van der Waals surface area contributed by atoms with Crippen LogP contribution in [0.15, 0.2) is 0 Å². The van der Waals surface area contributed by atoms with Crippen LogP contribution in [0.5, 0.6) is 0 Å². The van der Waals surface area contributed by atoms with E-state index in [-0.39, 0.29) is 0 Å². The van der Waals surface area contributed by atoms with Crippen molar-refractivity contribution >= 4 is 0 Å². The van der Waals surface area contributed by atoms with E-state index in [1.165, 1.54) is 7.11 Å². The second-order valence-corrected chi connectivity index (χ2v) is 1.43. The van der Waals surface area contributed by atoms with E-state index in [1.54, 1.807) is 0 Å². The standard InChI is InChI=1S/C5H13NO2/c1-3-4-6-5-8-7-2/h6H,3-5H2,1-2H3. The predicted octanol–water partition coefficient (Wildman–Crippen LogP) is 0.521. The zero-order valence-corrected chi connectivity index (χ0v) is 5.44. The Labute approximate surface area is 49.9 Å². The van der Waals surface area contributed by atoms with Crippen LogP contribution < -0.4 is 5.32 Å². The first kappa shape index (κ1) is 7.88. The van der Waals surface area contributed by atoms with Gasteiger partial charge in [-0.05, 0) is 13.0 Å². The Morgan fingerprint density at radius 1 is 1.50 bits per heavy atom. The quantitative estimate of drug-likeness (QED) is 0.248. The molecule has 0 amide bonds. The van der Waals surface area contributed by atoms with Crippen LogP contribution in [0.25, 0.3) is 0 Å². The summed E-state index contributed by atoms with van der Waals surface area (Å²) >= 11 is 0. The molecule has 0 aliphatic carbocycles. The number of nitrogens with one attached hydrogen (secondary N) is 1. The monoisotopic (exact) mass is 119 g/mol. The van der Waals surface area contributed by atoms with Crippen molar-refractivity contribution in [2.75, 3.05) is 20.4 Å². The lowest BCUT2D eigenvalue weighted by atomic mass is 10.5. The molecule has 8 heavy (non-hydrogen) atoms. The molecule has 3 heteroatoms. The average molecular weight is 119 g/mol. The third-order valence-electron chi connectivity index (χ3n) is 0.706. The van der Waals surface area contributed by atoms with Gasteiger partial charge in [0, 0.05) is 0 Å². The van der Waals surface area contributed by atoms with Crippen molar-refractivity contribution in [3.63, 3.8) is 0 Å². The summed E-state index contributed by atoms with van der Waals surface area (Å²) < 4.78 is 0. The van der Waals surface area contributed by atoms with Gasteiger partial charge in [0.15, 0.2) is 0 Å². The highest BCUT2D eigenvalue weighted by Crippen LogP contribution is 1.70. The molecule has 0 unspecified atom stereocenters. The van der Waals surface area contributed by atoms with Gasteiger partial charge in [0.1, 0.15) is 6.73 Å². The molecule has 0 aromatic rings. The first-order chi connectivity index (χ1) is 3.91. The molecule has 0 aromatic carbocycles. The largest absolute Gasteiger partial charge is 0.292 e. The summed E-state index contributed by atoms with van der Waals surface area (Å²) in [7, 11) is 1.49.